The SMILES string of the molecule is C[C@H]1CN(c2nc3nc([C@H](CC(N)=O)Cc4cc(F)cc(F)c4)c(-c4cccc5c(NS(C)(=O)=O)nn(C)c45)cc3s2)CCN1. The minimum atomic E-state index is -3.62. The Hall–Kier alpha value is -4.21. The number of hydrogen-bond donors (Lipinski definition) is 3. The third-order valence-electron chi connectivity index (χ3n) is 7.72. The Morgan fingerprint density at radius 1 is 1.18 bits per heavy atom. The van der Waals surface area contributed by atoms with Crippen molar-refractivity contribution in [1.82, 2.24) is 25.1 Å². The number of anilines is 2. The van der Waals surface area contributed by atoms with Crippen LogP contribution in [0.4, 0.5) is 19.7 Å². The van der Waals surface area contributed by atoms with Crippen LogP contribution in [-0.4, -0.2) is 66.0 Å². The lowest BCUT2D eigenvalue weighted by Gasteiger charge is -2.31. The van der Waals surface area contributed by atoms with Crippen LogP contribution in [-0.2, 0) is 28.3 Å². The van der Waals surface area contributed by atoms with Crippen molar-refractivity contribution in [3.63, 3.8) is 0 Å². The monoisotopic (exact) mass is 654 g/mol. The van der Waals surface area contributed by atoms with Crippen molar-refractivity contribution >= 4 is 59.5 Å². The van der Waals surface area contributed by atoms with Crippen LogP contribution in [0.5, 0.6) is 0 Å². The standard InChI is InChI=1S/C30H32F2N8O3S2/c1-16-15-40(8-7-34-16)30-36-29-24(44-30)14-23(21-5-4-6-22-27(21)39(2)37-28(22)38-45(3,42)43)26(35-29)18(12-25(33)41)9-17-10-19(31)13-20(32)11-17/h4-6,10-11,13-14,16,18,34H,7-9,12,15H2,1-3H3,(H2,33,41)(H,37,38)/t16-,18-/m0/s1. The number of amides is 1. The minimum absolute atomic E-state index is 0.0810. The first-order valence-corrected chi connectivity index (χ1v) is 17.0. The van der Waals surface area contributed by atoms with Crippen LogP contribution >= 0.6 is 11.3 Å². The second kappa shape index (κ2) is 11.9. The van der Waals surface area contributed by atoms with E-state index in [-0.39, 0.29) is 24.7 Å². The molecule has 236 valence electrons. The minimum Gasteiger partial charge on any atom is -0.370 e. The Morgan fingerprint density at radius 2 is 1.93 bits per heavy atom. The zero-order chi connectivity index (χ0) is 32.0. The van der Waals surface area contributed by atoms with Gasteiger partial charge in [-0.1, -0.05) is 23.5 Å². The molecule has 2 atom stereocenters. The molecule has 11 nitrogen and oxygen atoms in total. The van der Waals surface area contributed by atoms with E-state index in [0.29, 0.717) is 38.9 Å². The number of fused-ring (bicyclic) bond motifs is 2. The summed E-state index contributed by atoms with van der Waals surface area (Å²) < 4.78 is 57.5. The Bertz CT molecular complexity index is 2030. The maximum Gasteiger partial charge on any atom is 0.231 e. The number of hydrogen-bond acceptors (Lipinski definition) is 9. The lowest BCUT2D eigenvalue weighted by molar-refractivity contribution is -0.118. The molecule has 2 aromatic carbocycles. The summed E-state index contributed by atoms with van der Waals surface area (Å²) in [6.45, 7) is 4.49. The third-order valence-corrected chi connectivity index (χ3v) is 9.33. The number of nitrogens with zero attached hydrogens (tertiary/aromatic N) is 5. The molecule has 0 saturated carbocycles. The predicted octanol–water partition coefficient (Wildman–Crippen LogP) is 3.89. The number of primary amides is 1. The first-order valence-electron chi connectivity index (χ1n) is 14.3. The molecule has 1 fully saturated rings. The lowest BCUT2D eigenvalue weighted by atomic mass is 9.87. The van der Waals surface area contributed by atoms with Gasteiger partial charge in [0.25, 0.3) is 0 Å². The molecule has 0 unspecified atom stereocenters. The molecule has 1 saturated heterocycles. The van der Waals surface area contributed by atoms with Crippen molar-refractivity contribution < 1.29 is 22.0 Å². The predicted molar refractivity (Wildman–Crippen MR) is 172 cm³/mol. The number of aryl methyl sites for hydroxylation is 1. The summed E-state index contributed by atoms with van der Waals surface area (Å²) in [4.78, 5) is 24.5. The van der Waals surface area contributed by atoms with E-state index in [9.17, 15) is 22.0 Å². The van der Waals surface area contributed by atoms with E-state index in [2.05, 4.69) is 27.0 Å². The number of sulfonamides is 1. The van der Waals surface area contributed by atoms with Gasteiger partial charge >= 0.3 is 0 Å². The molecule has 1 aliphatic heterocycles. The average molecular weight is 655 g/mol. The quantitative estimate of drug-likeness (QED) is 0.217. The van der Waals surface area contributed by atoms with Gasteiger partial charge in [0.2, 0.25) is 15.9 Å². The molecule has 0 spiro atoms. The molecular weight excluding hydrogens is 623 g/mol. The number of para-hydroxylation sites is 1. The molecule has 15 heteroatoms. The second-order valence-electron chi connectivity index (χ2n) is 11.4. The van der Waals surface area contributed by atoms with Gasteiger partial charge in [0, 0.05) is 67.6 Å². The van der Waals surface area contributed by atoms with E-state index < -0.39 is 33.5 Å². The highest BCUT2D eigenvalue weighted by Crippen LogP contribution is 2.41. The Labute approximate surface area is 262 Å². The van der Waals surface area contributed by atoms with E-state index in [1.54, 1.807) is 23.9 Å². The number of benzene rings is 2. The first kappa shape index (κ1) is 30.8. The fraction of sp³-hybridized carbons (Fsp3) is 0.333. The zero-order valence-corrected chi connectivity index (χ0v) is 26.5. The summed E-state index contributed by atoms with van der Waals surface area (Å²) in [6.07, 6.45) is 0.993. The summed E-state index contributed by atoms with van der Waals surface area (Å²) in [5.41, 5.74) is 8.97. The Morgan fingerprint density at radius 3 is 2.62 bits per heavy atom. The molecule has 0 aliphatic carbocycles. The normalized spacial score (nSPS) is 16.4. The van der Waals surface area contributed by atoms with Crippen LogP contribution in [0.2, 0.25) is 0 Å². The van der Waals surface area contributed by atoms with Gasteiger partial charge in [-0.15, -0.1) is 0 Å². The van der Waals surface area contributed by atoms with E-state index in [0.717, 1.165) is 41.8 Å². The highest BCUT2D eigenvalue weighted by Gasteiger charge is 2.27. The summed E-state index contributed by atoms with van der Waals surface area (Å²) >= 11 is 1.50. The van der Waals surface area contributed by atoms with E-state index in [1.807, 2.05) is 12.1 Å². The molecule has 1 aliphatic rings. The van der Waals surface area contributed by atoms with Gasteiger partial charge in [-0.2, -0.15) is 10.1 Å². The number of carbonyl (C=O) groups is 1. The van der Waals surface area contributed by atoms with Gasteiger partial charge in [0.05, 0.1) is 22.2 Å². The number of carbonyl (C=O) groups excluding carboxylic acids is 1. The smallest absolute Gasteiger partial charge is 0.231 e. The molecule has 5 aromatic rings. The van der Waals surface area contributed by atoms with Crippen LogP contribution in [0, 0.1) is 11.6 Å². The van der Waals surface area contributed by atoms with Crippen molar-refractivity contribution in [2.24, 2.45) is 12.8 Å². The van der Waals surface area contributed by atoms with Crippen molar-refractivity contribution in [3.8, 4) is 11.1 Å². The van der Waals surface area contributed by atoms with Crippen molar-refractivity contribution in [1.29, 1.82) is 0 Å². The molecule has 6 rings (SSSR count). The average Bonchev–Trinajstić information content (AvgIpc) is 3.50. The Balaban J connectivity index is 1.57. The van der Waals surface area contributed by atoms with Crippen LogP contribution in [0.25, 0.3) is 32.4 Å². The second-order valence-corrected chi connectivity index (χ2v) is 14.2. The van der Waals surface area contributed by atoms with Gasteiger partial charge in [-0.05, 0) is 43.2 Å². The number of nitrogens with two attached hydrogens (primary N) is 1. The molecule has 4 N–H and O–H groups in total. The van der Waals surface area contributed by atoms with Gasteiger partial charge in [-0.3, -0.25) is 14.2 Å². The number of piperazine rings is 1. The molecule has 1 amide bonds. The van der Waals surface area contributed by atoms with Crippen LogP contribution < -0.4 is 20.7 Å². The van der Waals surface area contributed by atoms with Gasteiger partial charge in [0.1, 0.15) is 11.6 Å². The first-order chi connectivity index (χ1) is 21.3. The Kier molecular flexibility index (Phi) is 8.18. The summed E-state index contributed by atoms with van der Waals surface area (Å²) in [6, 6.07) is 10.9. The van der Waals surface area contributed by atoms with Gasteiger partial charge in [-0.25, -0.2) is 22.2 Å². The van der Waals surface area contributed by atoms with E-state index >= 15 is 0 Å². The van der Waals surface area contributed by atoms with Gasteiger partial charge in [0.15, 0.2) is 16.6 Å². The van der Waals surface area contributed by atoms with E-state index in [1.165, 1.54) is 23.5 Å². The molecule has 0 radical (unpaired) electrons. The maximum absolute atomic E-state index is 14.2. The summed E-state index contributed by atoms with van der Waals surface area (Å²) in [5, 5.41) is 9.23. The van der Waals surface area contributed by atoms with Crippen molar-refractivity contribution in [2.75, 3.05) is 35.5 Å². The number of thiazole rings is 1. The van der Waals surface area contributed by atoms with Crippen molar-refractivity contribution in [3.05, 3.63) is 65.4 Å². The van der Waals surface area contributed by atoms with Crippen molar-refractivity contribution in [2.45, 2.75) is 31.7 Å². The molecule has 3 aromatic heterocycles. The zero-order valence-electron chi connectivity index (χ0n) is 24.8. The van der Waals surface area contributed by atoms with Crippen LogP contribution in [0.15, 0.2) is 42.5 Å². The molecule has 4 heterocycles. The third kappa shape index (κ3) is 6.60. The number of halogens is 2. The van der Waals surface area contributed by atoms with Gasteiger partial charge < -0.3 is 16.0 Å². The number of nitrogens with one attached hydrogen (secondary N) is 2. The fourth-order valence-electron chi connectivity index (χ4n) is 5.96. The molecule has 0 bridgehead atoms. The highest BCUT2D eigenvalue weighted by atomic mass is 32.2. The summed E-state index contributed by atoms with van der Waals surface area (Å²) in [7, 11) is -1.91. The number of rotatable bonds is 9. The van der Waals surface area contributed by atoms with Crippen LogP contribution in [0.3, 0.4) is 0 Å². The number of pyridine rings is 1. The molecular formula is C30H32F2N8O3S2. The lowest BCUT2D eigenvalue weighted by Crippen LogP contribution is -2.49. The largest absolute Gasteiger partial charge is 0.370 e. The fourth-order valence-corrected chi connectivity index (χ4v) is 7.45. The van der Waals surface area contributed by atoms with Crippen LogP contribution in [0.1, 0.15) is 30.5 Å². The summed E-state index contributed by atoms with van der Waals surface area (Å²) in [5.74, 6) is -2.55. The maximum atomic E-state index is 14.2. The number of aromatic nitrogens is 4. The molecule has 45 heavy (non-hydrogen) atoms. The van der Waals surface area contributed by atoms with E-state index in [4.69, 9.17) is 15.7 Å². The topological polar surface area (TPSA) is 148 Å². The highest BCUT2D eigenvalue weighted by molar-refractivity contribution is 7.92.